The number of thioether (sulfide) groups is 1. The molecule has 1 atom stereocenters. The van der Waals surface area contributed by atoms with E-state index in [9.17, 15) is 0 Å². The zero-order valence-electron chi connectivity index (χ0n) is 15.0. The van der Waals surface area contributed by atoms with Gasteiger partial charge in [-0.15, -0.1) is 0 Å². The summed E-state index contributed by atoms with van der Waals surface area (Å²) in [6.45, 7) is 4.76. The van der Waals surface area contributed by atoms with Gasteiger partial charge in [-0.2, -0.15) is 11.8 Å². The van der Waals surface area contributed by atoms with Gasteiger partial charge in [0.25, 0.3) is 0 Å². The number of imidazole rings is 1. The molecule has 0 radical (unpaired) electrons. The molecule has 1 aromatic heterocycles. The molecule has 0 saturated carbocycles. The van der Waals surface area contributed by atoms with E-state index in [2.05, 4.69) is 68.1 Å². The molecule has 1 aliphatic rings. The Labute approximate surface area is 154 Å². The molecular formula is C19H27N5S. The quantitative estimate of drug-likeness (QED) is 0.617. The first-order valence-corrected chi connectivity index (χ1v) is 9.79. The molecule has 0 bridgehead atoms. The number of nitrogens with one attached hydrogen (secondary N) is 2. The molecule has 1 fully saturated rings. The molecule has 1 aliphatic heterocycles. The zero-order valence-corrected chi connectivity index (χ0v) is 15.9. The van der Waals surface area contributed by atoms with Gasteiger partial charge in [0.05, 0.1) is 6.54 Å². The van der Waals surface area contributed by atoms with Gasteiger partial charge < -0.3 is 15.2 Å². The van der Waals surface area contributed by atoms with Gasteiger partial charge in [0, 0.05) is 37.3 Å². The van der Waals surface area contributed by atoms with Gasteiger partial charge in [0.2, 0.25) is 0 Å². The van der Waals surface area contributed by atoms with Crippen molar-refractivity contribution in [3.8, 4) is 0 Å². The van der Waals surface area contributed by atoms with Crippen molar-refractivity contribution in [1.82, 2.24) is 20.2 Å². The average Bonchev–Trinajstić information content (AvgIpc) is 3.26. The third-order valence-electron chi connectivity index (χ3n) is 4.57. The van der Waals surface area contributed by atoms with E-state index in [1.807, 2.05) is 25.5 Å². The van der Waals surface area contributed by atoms with Crippen molar-refractivity contribution in [2.45, 2.75) is 37.6 Å². The van der Waals surface area contributed by atoms with Crippen LogP contribution in [0, 0.1) is 0 Å². The molecule has 0 aliphatic carbocycles. The van der Waals surface area contributed by atoms with E-state index in [4.69, 9.17) is 0 Å². The fraction of sp³-hybridized carbons (Fsp3) is 0.474. The molecule has 3 rings (SSSR count). The molecule has 1 unspecified atom stereocenters. The maximum atomic E-state index is 4.48. The molecule has 2 N–H and O–H groups in total. The predicted octanol–water partition coefficient (Wildman–Crippen LogP) is 2.88. The highest BCUT2D eigenvalue weighted by molar-refractivity contribution is 8.00. The Morgan fingerprint density at radius 2 is 2.16 bits per heavy atom. The van der Waals surface area contributed by atoms with Crippen molar-refractivity contribution < 1.29 is 0 Å². The first-order valence-electron chi connectivity index (χ1n) is 8.81. The molecular weight excluding hydrogens is 330 g/mol. The van der Waals surface area contributed by atoms with Crippen LogP contribution < -0.4 is 10.6 Å². The van der Waals surface area contributed by atoms with E-state index in [-0.39, 0.29) is 0 Å². The van der Waals surface area contributed by atoms with Crippen molar-refractivity contribution in [1.29, 1.82) is 0 Å². The van der Waals surface area contributed by atoms with E-state index >= 15 is 0 Å². The van der Waals surface area contributed by atoms with Crippen LogP contribution in [0.1, 0.15) is 31.2 Å². The normalized spacial score (nSPS) is 20.6. The molecule has 0 amide bonds. The molecule has 1 saturated heterocycles. The first-order chi connectivity index (χ1) is 12.2. The third-order valence-corrected chi connectivity index (χ3v) is 6.10. The van der Waals surface area contributed by atoms with Gasteiger partial charge in [0.15, 0.2) is 5.96 Å². The minimum absolute atomic E-state index is 0.323. The molecule has 0 spiro atoms. The van der Waals surface area contributed by atoms with Crippen LogP contribution in [0.25, 0.3) is 0 Å². The number of aromatic nitrogens is 2. The van der Waals surface area contributed by atoms with Gasteiger partial charge in [-0.05, 0) is 31.1 Å². The summed E-state index contributed by atoms with van der Waals surface area (Å²) in [6.07, 6.45) is 6.46. The fourth-order valence-electron chi connectivity index (χ4n) is 3.06. The van der Waals surface area contributed by atoms with Crippen LogP contribution in [0.2, 0.25) is 0 Å². The predicted molar refractivity (Wildman–Crippen MR) is 106 cm³/mol. The molecule has 2 heterocycles. The first kappa shape index (κ1) is 17.9. The van der Waals surface area contributed by atoms with Crippen molar-refractivity contribution >= 4 is 17.7 Å². The minimum atomic E-state index is 0.323. The van der Waals surface area contributed by atoms with E-state index in [0.717, 1.165) is 24.9 Å². The standard InChI is InChI=1S/C19H27N5S/c1-19(9-6-12-25-19)15-23-18(20-2)22-13-17-21-10-11-24(17)14-16-7-4-3-5-8-16/h3-5,7-8,10-11H,6,9,12-15H2,1-2H3,(H2,20,22,23). The monoisotopic (exact) mass is 357 g/mol. The Balaban J connectivity index is 1.53. The smallest absolute Gasteiger partial charge is 0.191 e. The lowest BCUT2D eigenvalue weighted by Crippen LogP contribution is -2.43. The minimum Gasteiger partial charge on any atom is -0.355 e. The zero-order chi connectivity index (χ0) is 17.5. The number of nitrogens with zero attached hydrogens (tertiary/aromatic N) is 3. The summed E-state index contributed by atoms with van der Waals surface area (Å²) in [5.41, 5.74) is 1.27. The summed E-state index contributed by atoms with van der Waals surface area (Å²) in [5.74, 6) is 3.11. The summed E-state index contributed by atoms with van der Waals surface area (Å²) >= 11 is 2.05. The Morgan fingerprint density at radius 1 is 1.32 bits per heavy atom. The second kappa shape index (κ2) is 8.43. The summed E-state index contributed by atoms with van der Waals surface area (Å²) in [4.78, 5) is 8.82. The van der Waals surface area contributed by atoms with Crippen molar-refractivity contribution in [3.63, 3.8) is 0 Å². The van der Waals surface area contributed by atoms with Crippen LogP contribution >= 0.6 is 11.8 Å². The van der Waals surface area contributed by atoms with Crippen LogP contribution in [0.15, 0.2) is 47.7 Å². The Hall–Kier alpha value is -1.95. The SMILES string of the molecule is CN=C(NCc1nccn1Cc1ccccc1)NCC1(C)CCCS1. The van der Waals surface area contributed by atoms with E-state index < -0.39 is 0 Å². The van der Waals surface area contributed by atoms with Crippen molar-refractivity contribution in [2.75, 3.05) is 19.3 Å². The molecule has 6 heteroatoms. The Bertz CT molecular complexity index is 689. The van der Waals surface area contributed by atoms with E-state index in [1.54, 1.807) is 0 Å². The summed E-state index contributed by atoms with van der Waals surface area (Å²) < 4.78 is 2.49. The number of hydrogen-bond donors (Lipinski definition) is 2. The third kappa shape index (κ3) is 5.01. The molecule has 2 aromatic rings. The van der Waals surface area contributed by atoms with Gasteiger partial charge >= 0.3 is 0 Å². The number of hydrogen-bond acceptors (Lipinski definition) is 3. The summed E-state index contributed by atoms with van der Waals surface area (Å²) in [7, 11) is 1.82. The number of benzene rings is 1. The van der Waals surface area contributed by atoms with Crippen LogP contribution in [0.5, 0.6) is 0 Å². The van der Waals surface area contributed by atoms with Crippen LogP contribution in [-0.2, 0) is 13.1 Å². The number of aliphatic imine (C=N–C) groups is 1. The van der Waals surface area contributed by atoms with Crippen LogP contribution in [-0.4, -0.2) is 39.6 Å². The van der Waals surface area contributed by atoms with Crippen LogP contribution in [0.4, 0.5) is 0 Å². The largest absolute Gasteiger partial charge is 0.355 e. The maximum Gasteiger partial charge on any atom is 0.191 e. The van der Waals surface area contributed by atoms with Gasteiger partial charge in [0.1, 0.15) is 5.82 Å². The lowest BCUT2D eigenvalue weighted by Gasteiger charge is -2.24. The maximum absolute atomic E-state index is 4.48. The van der Waals surface area contributed by atoms with Crippen LogP contribution in [0.3, 0.4) is 0 Å². The topological polar surface area (TPSA) is 54.2 Å². The lowest BCUT2D eigenvalue weighted by atomic mass is 10.1. The van der Waals surface area contributed by atoms with Crippen molar-refractivity contribution in [2.24, 2.45) is 4.99 Å². The van der Waals surface area contributed by atoms with Crippen molar-refractivity contribution in [3.05, 3.63) is 54.1 Å². The molecule has 25 heavy (non-hydrogen) atoms. The second-order valence-corrected chi connectivity index (χ2v) is 8.32. The molecule has 1 aromatic carbocycles. The van der Waals surface area contributed by atoms with Gasteiger partial charge in [-0.25, -0.2) is 4.98 Å². The highest BCUT2D eigenvalue weighted by Gasteiger charge is 2.29. The van der Waals surface area contributed by atoms with E-state index in [0.29, 0.717) is 11.3 Å². The second-order valence-electron chi connectivity index (χ2n) is 6.64. The summed E-state index contributed by atoms with van der Waals surface area (Å²) in [6, 6.07) is 10.4. The highest BCUT2D eigenvalue weighted by atomic mass is 32.2. The average molecular weight is 358 g/mol. The lowest BCUT2D eigenvalue weighted by molar-refractivity contribution is 0.582. The molecule has 134 valence electrons. The Kier molecular flexibility index (Phi) is 6.02. The van der Waals surface area contributed by atoms with Gasteiger partial charge in [-0.1, -0.05) is 30.3 Å². The van der Waals surface area contributed by atoms with E-state index in [1.165, 1.54) is 24.2 Å². The Morgan fingerprint density at radius 3 is 2.88 bits per heavy atom. The summed E-state index contributed by atoms with van der Waals surface area (Å²) in [5, 5.41) is 6.85. The highest BCUT2D eigenvalue weighted by Crippen LogP contribution is 2.36. The fourth-order valence-corrected chi connectivity index (χ4v) is 4.31. The van der Waals surface area contributed by atoms with Gasteiger partial charge in [-0.3, -0.25) is 4.99 Å². The number of guanidine groups is 1. The number of rotatable bonds is 6. The molecule has 5 nitrogen and oxygen atoms in total.